The summed E-state index contributed by atoms with van der Waals surface area (Å²) in [7, 11) is 3.06. The minimum absolute atomic E-state index is 0.0739. The van der Waals surface area contributed by atoms with Crippen molar-refractivity contribution in [3.8, 4) is 11.5 Å². The molecule has 106 valence electrons. The standard InChI is InChI=1S/C14H20O5/c1-4-7-19-14(16)9-11(15)10-5-6-12(17-2)13(8-10)18-3/h5-6,8,11,15H,4,7,9H2,1-3H3. The molecule has 1 aromatic carbocycles. The number of hydrogen-bond acceptors (Lipinski definition) is 5. The average Bonchev–Trinajstić information content (AvgIpc) is 2.44. The fraction of sp³-hybridized carbons (Fsp3) is 0.500. The van der Waals surface area contributed by atoms with E-state index >= 15 is 0 Å². The lowest BCUT2D eigenvalue weighted by atomic mass is 10.1. The Kier molecular flexibility index (Phi) is 6.15. The van der Waals surface area contributed by atoms with E-state index in [0.717, 1.165) is 6.42 Å². The van der Waals surface area contributed by atoms with E-state index in [0.29, 0.717) is 23.7 Å². The molecule has 0 heterocycles. The molecule has 1 rings (SSSR count). The third-order valence-corrected chi connectivity index (χ3v) is 2.62. The normalized spacial score (nSPS) is 11.8. The summed E-state index contributed by atoms with van der Waals surface area (Å²) in [5.74, 6) is 0.678. The predicted molar refractivity (Wildman–Crippen MR) is 70.4 cm³/mol. The van der Waals surface area contributed by atoms with Crippen LogP contribution in [0, 0.1) is 0 Å². The summed E-state index contributed by atoms with van der Waals surface area (Å²) in [6.07, 6.45) is -0.225. The quantitative estimate of drug-likeness (QED) is 0.767. The third kappa shape index (κ3) is 4.44. The summed E-state index contributed by atoms with van der Waals surface area (Å²) in [6, 6.07) is 5.03. The van der Waals surface area contributed by atoms with Gasteiger partial charge >= 0.3 is 5.97 Å². The highest BCUT2D eigenvalue weighted by molar-refractivity contribution is 5.70. The maximum atomic E-state index is 11.4. The van der Waals surface area contributed by atoms with Crippen LogP contribution in [0.1, 0.15) is 31.4 Å². The first-order valence-electron chi connectivity index (χ1n) is 6.18. The van der Waals surface area contributed by atoms with Crippen LogP contribution in [0.4, 0.5) is 0 Å². The van der Waals surface area contributed by atoms with Crippen molar-refractivity contribution in [2.75, 3.05) is 20.8 Å². The van der Waals surface area contributed by atoms with E-state index < -0.39 is 12.1 Å². The van der Waals surface area contributed by atoms with Gasteiger partial charge in [0.05, 0.1) is 33.4 Å². The molecule has 1 unspecified atom stereocenters. The number of carbonyl (C=O) groups is 1. The molecule has 0 aromatic heterocycles. The zero-order valence-corrected chi connectivity index (χ0v) is 11.5. The van der Waals surface area contributed by atoms with Crippen LogP contribution in [-0.4, -0.2) is 31.9 Å². The number of carbonyl (C=O) groups excluding carboxylic acids is 1. The Bertz CT molecular complexity index is 416. The minimum atomic E-state index is -0.913. The number of hydrogen-bond donors (Lipinski definition) is 1. The van der Waals surface area contributed by atoms with Gasteiger partial charge in [0.1, 0.15) is 0 Å². The molecular formula is C14H20O5. The Morgan fingerprint density at radius 2 is 1.95 bits per heavy atom. The average molecular weight is 268 g/mol. The highest BCUT2D eigenvalue weighted by Gasteiger charge is 2.16. The van der Waals surface area contributed by atoms with Crippen LogP contribution in [0.3, 0.4) is 0 Å². The van der Waals surface area contributed by atoms with E-state index in [9.17, 15) is 9.90 Å². The molecule has 0 saturated heterocycles. The van der Waals surface area contributed by atoms with E-state index in [2.05, 4.69) is 0 Å². The van der Waals surface area contributed by atoms with Gasteiger partial charge in [-0.2, -0.15) is 0 Å². The summed E-state index contributed by atoms with van der Waals surface area (Å²) in [6.45, 7) is 2.29. The number of ether oxygens (including phenoxy) is 3. The first-order chi connectivity index (χ1) is 9.12. The molecule has 0 amide bonds. The number of rotatable bonds is 7. The molecule has 0 aliphatic heterocycles. The number of methoxy groups -OCH3 is 2. The van der Waals surface area contributed by atoms with Gasteiger partial charge in [-0.3, -0.25) is 4.79 Å². The number of benzene rings is 1. The van der Waals surface area contributed by atoms with Gasteiger partial charge in [0.2, 0.25) is 0 Å². The first kappa shape index (κ1) is 15.3. The van der Waals surface area contributed by atoms with E-state index in [1.54, 1.807) is 18.2 Å². The van der Waals surface area contributed by atoms with Gasteiger partial charge in [-0.15, -0.1) is 0 Å². The van der Waals surface area contributed by atoms with Gasteiger partial charge in [0.25, 0.3) is 0 Å². The fourth-order valence-electron chi connectivity index (χ4n) is 1.61. The Labute approximate surface area is 113 Å². The lowest BCUT2D eigenvalue weighted by molar-refractivity contribution is -0.146. The van der Waals surface area contributed by atoms with E-state index in [-0.39, 0.29) is 6.42 Å². The molecule has 1 aromatic rings. The maximum Gasteiger partial charge on any atom is 0.308 e. The lowest BCUT2D eigenvalue weighted by Gasteiger charge is -2.13. The summed E-state index contributed by atoms with van der Waals surface area (Å²) in [5, 5.41) is 9.98. The van der Waals surface area contributed by atoms with Gasteiger partial charge in [0.15, 0.2) is 11.5 Å². The summed E-state index contributed by atoms with van der Waals surface area (Å²) >= 11 is 0. The molecule has 5 heteroatoms. The summed E-state index contributed by atoms with van der Waals surface area (Å²) < 4.78 is 15.2. The van der Waals surface area contributed by atoms with Gasteiger partial charge in [0, 0.05) is 0 Å². The van der Waals surface area contributed by atoms with E-state index in [4.69, 9.17) is 14.2 Å². The Hall–Kier alpha value is -1.75. The molecule has 0 bridgehead atoms. The largest absolute Gasteiger partial charge is 0.493 e. The minimum Gasteiger partial charge on any atom is -0.493 e. The van der Waals surface area contributed by atoms with Gasteiger partial charge in [-0.1, -0.05) is 13.0 Å². The van der Waals surface area contributed by atoms with Crippen LogP contribution in [0.25, 0.3) is 0 Å². The fourth-order valence-corrected chi connectivity index (χ4v) is 1.61. The van der Waals surface area contributed by atoms with Crippen molar-refractivity contribution < 1.29 is 24.1 Å². The Morgan fingerprint density at radius 3 is 2.53 bits per heavy atom. The van der Waals surface area contributed by atoms with Crippen molar-refractivity contribution in [2.24, 2.45) is 0 Å². The van der Waals surface area contributed by atoms with E-state index in [1.165, 1.54) is 14.2 Å². The second-order valence-corrected chi connectivity index (χ2v) is 4.05. The highest BCUT2D eigenvalue weighted by atomic mass is 16.5. The predicted octanol–water partition coefficient (Wildman–Crippen LogP) is 2.08. The lowest BCUT2D eigenvalue weighted by Crippen LogP contribution is -2.11. The molecule has 19 heavy (non-hydrogen) atoms. The molecular weight excluding hydrogens is 248 g/mol. The van der Waals surface area contributed by atoms with E-state index in [1.807, 2.05) is 6.92 Å². The zero-order valence-electron chi connectivity index (χ0n) is 11.5. The number of aliphatic hydroxyl groups excluding tert-OH is 1. The van der Waals surface area contributed by atoms with Crippen molar-refractivity contribution in [1.82, 2.24) is 0 Å². The highest BCUT2D eigenvalue weighted by Crippen LogP contribution is 2.30. The molecule has 0 aliphatic rings. The van der Waals surface area contributed by atoms with Crippen molar-refractivity contribution in [3.63, 3.8) is 0 Å². The van der Waals surface area contributed by atoms with Crippen LogP contribution < -0.4 is 9.47 Å². The van der Waals surface area contributed by atoms with Gasteiger partial charge in [-0.05, 0) is 24.1 Å². The molecule has 0 saturated carbocycles. The van der Waals surface area contributed by atoms with Gasteiger partial charge in [-0.25, -0.2) is 0 Å². The smallest absolute Gasteiger partial charge is 0.308 e. The van der Waals surface area contributed by atoms with Crippen molar-refractivity contribution in [2.45, 2.75) is 25.9 Å². The molecule has 0 spiro atoms. The molecule has 0 aliphatic carbocycles. The summed E-state index contributed by atoms with van der Waals surface area (Å²) in [4.78, 5) is 11.4. The van der Waals surface area contributed by atoms with Crippen molar-refractivity contribution >= 4 is 5.97 Å². The second-order valence-electron chi connectivity index (χ2n) is 4.05. The van der Waals surface area contributed by atoms with Gasteiger partial charge < -0.3 is 19.3 Å². The monoisotopic (exact) mass is 268 g/mol. The van der Waals surface area contributed by atoms with Crippen molar-refractivity contribution in [3.05, 3.63) is 23.8 Å². The molecule has 1 N–H and O–H groups in total. The van der Waals surface area contributed by atoms with Crippen molar-refractivity contribution in [1.29, 1.82) is 0 Å². The maximum absolute atomic E-state index is 11.4. The van der Waals surface area contributed by atoms with Crippen LogP contribution in [0.2, 0.25) is 0 Å². The summed E-state index contributed by atoms with van der Waals surface area (Å²) in [5.41, 5.74) is 0.589. The number of esters is 1. The second kappa shape index (κ2) is 7.63. The number of aliphatic hydroxyl groups is 1. The molecule has 0 fully saturated rings. The van der Waals surface area contributed by atoms with Crippen LogP contribution in [-0.2, 0) is 9.53 Å². The Morgan fingerprint density at radius 1 is 1.26 bits per heavy atom. The zero-order chi connectivity index (χ0) is 14.3. The van der Waals surface area contributed by atoms with Crippen LogP contribution in [0.15, 0.2) is 18.2 Å². The third-order valence-electron chi connectivity index (χ3n) is 2.62. The molecule has 0 radical (unpaired) electrons. The topological polar surface area (TPSA) is 65.0 Å². The van der Waals surface area contributed by atoms with Crippen LogP contribution in [0.5, 0.6) is 11.5 Å². The first-order valence-corrected chi connectivity index (χ1v) is 6.18. The SMILES string of the molecule is CCCOC(=O)CC(O)c1ccc(OC)c(OC)c1. The molecule has 5 nitrogen and oxygen atoms in total. The Balaban J connectivity index is 2.71. The van der Waals surface area contributed by atoms with Crippen LogP contribution >= 0.6 is 0 Å². The molecule has 1 atom stereocenters.